The molecule has 2 aromatic carbocycles. The van der Waals surface area contributed by atoms with E-state index in [2.05, 4.69) is 36.5 Å². The number of benzene rings is 2. The molecule has 0 saturated heterocycles. The molecule has 2 heteroatoms. The zero-order chi connectivity index (χ0) is 12.1. The van der Waals surface area contributed by atoms with Crippen molar-refractivity contribution < 1.29 is 4.79 Å². The molecule has 0 unspecified atom stereocenters. The monoisotopic (exact) mass is 225 g/mol. The van der Waals surface area contributed by atoms with Crippen LogP contribution in [0, 0.1) is 6.92 Å². The Bertz CT molecular complexity index is 485. The minimum atomic E-state index is 0.700. The van der Waals surface area contributed by atoms with Gasteiger partial charge in [0.2, 0.25) is 0 Å². The molecule has 0 aliphatic heterocycles. The molecular formula is C15H15NO. The van der Waals surface area contributed by atoms with E-state index in [9.17, 15) is 4.79 Å². The molecule has 0 heterocycles. The second-order valence-corrected chi connectivity index (χ2v) is 4.08. The summed E-state index contributed by atoms with van der Waals surface area (Å²) in [5.74, 6) is 0. The third-order valence-corrected chi connectivity index (χ3v) is 2.66. The largest absolute Gasteiger partial charge is 0.381 e. The highest BCUT2D eigenvalue weighted by Crippen LogP contribution is 2.10. The standard InChI is InChI=1S/C15H15NO/c1-12-2-4-13(5-3-12)10-16-15-8-6-14(11-17)7-9-15/h2-9,11,16H,10H2,1H3. The summed E-state index contributed by atoms with van der Waals surface area (Å²) in [6.07, 6.45) is 0.851. The molecule has 17 heavy (non-hydrogen) atoms. The number of aryl methyl sites for hydroxylation is 1. The van der Waals surface area contributed by atoms with Crippen molar-refractivity contribution in [1.82, 2.24) is 0 Å². The molecule has 2 rings (SSSR count). The smallest absolute Gasteiger partial charge is 0.150 e. The van der Waals surface area contributed by atoms with Crippen molar-refractivity contribution >= 4 is 12.0 Å². The lowest BCUT2D eigenvalue weighted by Gasteiger charge is -2.06. The second-order valence-electron chi connectivity index (χ2n) is 4.08. The van der Waals surface area contributed by atoms with Crippen LogP contribution in [-0.2, 0) is 6.54 Å². The van der Waals surface area contributed by atoms with Gasteiger partial charge < -0.3 is 5.32 Å². The van der Waals surface area contributed by atoms with Crippen molar-refractivity contribution in [2.45, 2.75) is 13.5 Å². The van der Waals surface area contributed by atoms with Gasteiger partial charge in [0.25, 0.3) is 0 Å². The van der Waals surface area contributed by atoms with E-state index in [1.807, 2.05) is 24.3 Å². The van der Waals surface area contributed by atoms with E-state index < -0.39 is 0 Å². The first kappa shape index (κ1) is 11.4. The van der Waals surface area contributed by atoms with Crippen molar-refractivity contribution in [3.8, 4) is 0 Å². The summed E-state index contributed by atoms with van der Waals surface area (Å²) in [5, 5.41) is 3.32. The maximum absolute atomic E-state index is 10.5. The summed E-state index contributed by atoms with van der Waals surface area (Å²) in [6.45, 7) is 2.87. The number of carbonyl (C=O) groups excluding carboxylic acids is 1. The molecule has 0 aliphatic rings. The molecule has 0 bridgehead atoms. The highest BCUT2D eigenvalue weighted by Gasteiger charge is 1.94. The van der Waals surface area contributed by atoms with Crippen molar-refractivity contribution in [3.63, 3.8) is 0 Å². The van der Waals surface area contributed by atoms with Gasteiger partial charge in [-0.15, -0.1) is 0 Å². The Balaban J connectivity index is 1.97. The van der Waals surface area contributed by atoms with Gasteiger partial charge in [-0.25, -0.2) is 0 Å². The second kappa shape index (κ2) is 5.30. The van der Waals surface area contributed by atoms with Crippen molar-refractivity contribution in [2.24, 2.45) is 0 Å². The average Bonchev–Trinajstić information content (AvgIpc) is 2.39. The molecule has 0 aromatic heterocycles. The van der Waals surface area contributed by atoms with Crippen LogP contribution in [0.2, 0.25) is 0 Å². The Morgan fingerprint density at radius 2 is 1.65 bits per heavy atom. The van der Waals surface area contributed by atoms with Crippen LogP contribution in [0.4, 0.5) is 5.69 Å². The van der Waals surface area contributed by atoms with Gasteiger partial charge in [-0.1, -0.05) is 29.8 Å². The number of aldehydes is 1. The van der Waals surface area contributed by atoms with Crippen LogP contribution >= 0.6 is 0 Å². The fraction of sp³-hybridized carbons (Fsp3) is 0.133. The fourth-order valence-electron chi connectivity index (χ4n) is 1.59. The van der Waals surface area contributed by atoms with Gasteiger partial charge in [0.05, 0.1) is 0 Å². The van der Waals surface area contributed by atoms with Crippen LogP contribution < -0.4 is 5.32 Å². The lowest BCUT2D eigenvalue weighted by molar-refractivity contribution is 0.112. The molecule has 0 radical (unpaired) electrons. The SMILES string of the molecule is Cc1ccc(CNc2ccc(C=O)cc2)cc1. The van der Waals surface area contributed by atoms with E-state index in [4.69, 9.17) is 0 Å². The molecule has 0 atom stereocenters. The maximum Gasteiger partial charge on any atom is 0.150 e. The predicted octanol–water partition coefficient (Wildman–Crippen LogP) is 3.42. The van der Waals surface area contributed by atoms with Crippen molar-refractivity contribution in [2.75, 3.05) is 5.32 Å². The number of nitrogens with one attached hydrogen (secondary N) is 1. The zero-order valence-electron chi connectivity index (χ0n) is 9.81. The van der Waals surface area contributed by atoms with E-state index >= 15 is 0 Å². The number of hydrogen-bond acceptors (Lipinski definition) is 2. The maximum atomic E-state index is 10.5. The minimum absolute atomic E-state index is 0.700. The van der Waals surface area contributed by atoms with E-state index in [-0.39, 0.29) is 0 Å². The Morgan fingerprint density at radius 1 is 1.00 bits per heavy atom. The highest BCUT2D eigenvalue weighted by atomic mass is 16.1. The van der Waals surface area contributed by atoms with Gasteiger partial charge >= 0.3 is 0 Å². The summed E-state index contributed by atoms with van der Waals surface area (Å²) in [4.78, 5) is 10.5. The van der Waals surface area contributed by atoms with Gasteiger partial charge in [0, 0.05) is 17.8 Å². The molecular weight excluding hydrogens is 210 g/mol. The lowest BCUT2D eigenvalue weighted by atomic mass is 10.1. The van der Waals surface area contributed by atoms with Gasteiger partial charge in [0.1, 0.15) is 6.29 Å². The minimum Gasteiger partial charge on any atom is -0.381 e. The Kier molecular flexibility index (Phi) is 3.55. The lowest BCUT2D eigenvalue weighted by Crippen LogP contribution is -1.99. The van der Waals surface area contributed by atoms with E-state index in [1.165, 1.54) is 11.1 Å². The predicted molar refractivity (Wildman–Crippen MR) is 70.3 cm³/mol. The summed E-state index contributed by atoms with van der Waals surface area (Å²) in [7, 11) is 0. The van der Waals surface area contributed by atoms with Gasteiger partial charge in [0.15, 0.2) is 0 Å². The van der Waals surface area contributed by atoms with Crippen LogP contribution in [0.3, 0.4) is 0 Å². The van der Waals surface area contributed by atoms with Crippen LogP contribution in [0.15, 0.2) is 48.5 Å². The zero-order valence-corrected chi connectivity index (χ0v) is 9.81. The number of hydrogen-bond donors (Lipinski definition) is 1. The molecule has 0 amide bonds. The number of rotatable bonds is 4. The Morgan fingerprint density at radius 3 is 2.24 bits per heavy atom. The molecule has 0 fully saturated rings. The quantitative estimate of drug-likeness (QED) is 0.808. The molecule has 2 nitrogen and oxygen atoms in total. The van der Waals surface area contributed by atoms with E-state index in [0.717, 1.165) is 18.5 Å². The first-order chi connectivity index (χ1) is 8.28. The summed E-state index contributed by atoms with van der Waals surface area (Å²) in [6, 6.07) is 15.9. The third-order valence-electron chi connectivity index (χ3n) is 2.66. The highest BCUT2D eigenvalue weighted by molar-refractivity contribution is 5.75. The van der Waals surface area contributed by atoms with Gasteiger partial charge in [-0.2, -0.15) is 0 Å². The molecule has 0 saturated carbocycles. The summed E-state index contributed by atoms with van der Waals surface area (Å²) in [5.41, 5.74) is 4.24. The fourth-order valence-corrected chi connectivity index (χ4v) is 1.59. The summed E-state index contributed by atoms with van der Waals surface area (Å²) >= 11 is 0. The first-order valence-corrected chi connectivity index (χ1v) is 5.62. The molecule has 1 N–H and O–H groups in total. The number of anilines is 1. The van der Waals surface area contributed by atoms with E-state index in [1.54, 1.807) is 0 Å². The number of carbonyl (C=O) groups is 1. The normalized spacial score (nSPS) is 9.94. The van der Waals surface area contributed by atoms with E-state index in [0.29, 0.717) is 5.56 Å². The Hall–Kier alpha value is -2.09. The topological polar surface area (TPSA) is 29.1 Å². The first-order valence-electron chi connectivity index (χ1n) is 5.62. The van der Waals surface area contributed by atoms with Crippen LogP contribution in [0.1, 0.15) is 21.5 Å². The van der Waals surface area contributed by atoms with Crippen LogP contribution in [0.5, 0.6) is 0 Å². The van der Waals surface area contributed by atoms with Gasteiger partial charge in [-0.3, -0.25) is 4.79 Å². The average molecular weight is 225 g/mol. The molecule has 2 aromatic rings. The third kappa shape index (κ3) is 3.18. The molecule has 0 aliphatic carbocycles. The molecule has 0 spiro atoms. The van der Waals surface area contributed by atoms with Gasteiger partial charge in [-0.05, 0) is 36.8 Å². The van der Waals surface area contributed by atoms with Crippen LogP contribution in [0.25, 0.3) is 0 Å². The Labute approximate surface area is 101 Å². The molecule has 86 valence electrons. The summed E-state index contributed by atoms with van der Waals surface area (Å²) < 4.78 is 0. The van der Waals surface area contributed by atoms with Crippen molar-refractivity contribution in [3.05, 3.63) is 65.2 Å². The van der Waals surface area contributed by atoms with Crippen molar-refractivity contribution in [1.29, 1.82) is 0 Å². The van der Waals surface area contributed by atoms with Crippen LogP contribution in [-0.4, -0.2) is 6.29 Å².